The van der Waals surface area contributed by atoms with Gasteiger partial charge in [0.1, 0.15) is 0 Å². The van der Waals surface area contributed by atoms with Crippen molar-refractivity contribution in [1.82, 2.24) is 20.2 Å². The van der Waals surface area contributed by atoms with Crippen molar-refractivity contribution >= 4 is 17.3 Å². The monoisotopic (exact) mass is 200 g/mol. The van der Waals surface area contributed by atoms with Gasteiger partial charge in [-0.15, -0.1) is 5.10 Å². The van der Waals surface area contributed by atoms with Crippen molar-refractivity contribution in [2.24, 2.45) is 13.0 Å². The largest absolute Gasteiger partial charge is 0.490 e. The van der Waals surface area contributed by atoms with E-state index in [2.05, 4.69) is 15.5 Å². The Morgan fingerprint density at radius 1 is 1.69 bits per heavy atom. The van der Waals surface area contributed by atoms with E-state index in [4.69, 9.17) is 17.0 Å². The normalized spacial score (nSPS) is 12.5. The number of aryl methyl sites for hydroxylation is 1. The topological polar surface area (TPSA) is 52.8 Å². The fraction of sp³-hybridized carbons (Fsp3) is 0.714. The summed E-state index contributed by atoms with van der Waals surface area (Å²) in [5, 5.41) is 11.7. The van der Waals surface area contributed by atoms with Crippen LogP contribution in [0.5, 0.6) is 0 Å². The number of tetrazole rings is 1. The molecule has 1 aromatic rings. The maximum atomic E-state index is 4.99. The van der Waals surface area contributed by atoms with Gasteiger partial charge < -0.3 is 4.74 Å². The highest BCUT2D eigenvalue weighted by Crippen LogP contribution is 2.06. The molecule has 1 atom stereocenters. The van der Waals surface area contributed by atoms with E-state index in [1.807, 2.05) is 6.92 Å². The number of rotatable bonds is 3. The summed E-state index contributed by atoms with van der Waals surface area (Å²) in [6, 6.07) is 0. The van der Waals surface area contributed by atoms with Crippen molar-refractivity contribution in [2.45, 2.75) is 13.3 Å². The summed E-state index contributed by atoms with van der Waals surface area (Å²) in [4.78, 5) is 0. The molecule has 0 N–H and O–H groups in total. The van der Waals surface area contributed by atoms with Crippen LogP contribution in [0.2, 0.25) is 0 Å². The van der Waals surface area contributed by atoms with Crippen molar-refractivity contribution in [3.05, 3.63) is 5.82 Å². The minimum absolute atomic E-state index is 0.157. The quantitative estimate of drug-likeness (QED) is 0.659. The molecular formula is C7H12N4OS. The highest BCUT2D eigenvalue weighted by Gasteiger charge is 2.13. The molecule has 0 saturated carbocycles. The van der Waals surface area contributed by atoms with E-state index >= 15 is 0 Å². The highest BCUT2D eigenvalue weighted by molar-refractivity contribution is 7.80. The highest BCUT2D eigenvalue weighted by atomic mass is 32.1. The zero-order chi connectivity index (χ0) is 9.84. The molecule has 0 aliphatic heterocycles. The summed E-state index contributed by atoms with van der Waals surface area (Å²) in [5.74, 6) is 0.969. The minimum atomic E-state index is 0.157. The Balaban J connectivity index is 2.59. The van der Waals surface area contributed by atoms with E-state index in [9.17, 15) is 0 Å². The van der Waals surface area contributed by atoms with Crippen LogP contribution in [0.1, 0.15) is 12.7 Å². The van der Waals surface area contributed by atoms with Gasteiger partial charge in [0.2, 0.25) is 0 Å². The fourth-order valence-corrected chi connectivity index (χ4v) is 1.06. The lowest BCUT2D eigenvalue weighted by atomic mass is 10.1. The van der Waals surface area contributed by atoms with Crippen molar-refractivity contribution in [3.63, 3.8) is 0 Å². The number of thiocarbonyl (C=S) groups is 1. The number of nitrogens with zero attached hydrogens (tertiary/aromatic N) is 4. The van der Waals surface area contributed by atoms with Gasteiger partial charge >= 0.3 is 0 Å². The van der Waals surface area contributed by atoms with Gasteiger partial charge in [0.15, 0.2) is 10.9 Å². The Bertz CT molecular complexity index is 298. The number of methoxy groups -OCH3 is 1. The second-order valence-electron chi connectivity index (χ2n) is 2.85. The zero-order valence-electron chi connectivity index (χ0n) is 7.89. The van der Waals surface area contributed by atoms with Crippen molar-refractivity contribution in [2.75, 3.05) is 7.11 Å². The standard InChI is InChI=1S/C7H12N4OS/c1-5(7(13)12-3)4-6-8-9-10-11(6)2/h5H,4H2,1-3H3. The molecule has 0 aliphatic carbocycles. The van der Waals surface area contributed by atoms with Gasteiger partial charge in [-0.2, -0.15) is 0 Å². The lowest BCUT2D eigenvalue weighted by Crippen LogP contribution is -2.15. The van der Waals surface area contributed by atoms with E-state index in [-0.39, 0.29) is 5.92 Å². The predicted octanol–water partition coefficient (Wildman–Crippen LogP) is 0.362. The van der Waals surface area contributed by atoms with Gasteiger partial charge in [-0.05, 0) is 22.6 Å². The maximum absolute atomic E-state index is 4.99. The third kappa shape index (κ3) is 2.45. The number of hydrogen-bond donors (Lipinski definition) is 0. The average molecular weight is 200 g/mol. The van der Waals surface area contributed by atoms with Gasteiger partial charge in [-0.25, -0.2) is 4.68 Å². The lowest BCUT2D eigenvalue weighted by Gasteiger charge is -2.09. The number of ether oxygens (including phenoxy) is 1. The zero-order valence-corrected chi connectivity index (χ0v) is 8.71. The summed E-state index contributed by atoms with van der Waals surface area (Å²) < 4.78 is 6.59. The summed E-state index contributed by atoms with van der Waals surface area (Å²) in [5.41, 5.74) is 0. The molecule has 0 radical (unpaired) electrons. The second-order valence-corrected chi connectivity index (χ2v) is 3.25. The summed E-state index contributed by atoms with van der Waals surface area (Å²) in [6.45, 7) is 1.99. The van der Waals surface area contributed by atoms with Gasteiger partial charge in [0.25, 0.3) is 0 Å². The second kappa shape index (κ2) is 4.27. The maximum Gasteiger partial charge on any atom is 0.162 e. The summed E-state index contributed by atoms with van der Waals surface area (Å²) >= 11 is 4.99. The molecule has 0 bridgehead atoms. The Hall–Kier alpha value is -1.04. The Morgan fingerprint density at radius 2 is 2.38 bits per heavy atom. The molecule has 0 aromatic carbocycles. The van der Waals surface area contributed by atoms with Crippen LogP contribution < -0.4 is 0 Å². The first kappa shape index (κ1) is 10.0. The molecule has 0 aliphatic rings. The van der Waals surface area contributed by atoms with Crippen molar-refractivity contribution in [3.8, 4) is 0 Å². The molecule has 1 rings (SSSR count). The van der Waals surface area contributed by atoms with E-state index in [0.29, 0.717) is 11.5 Å². The van der Waals surface area contributed by atoms with Crippen LogP contribution in [0.3, 0.4) is 0 Å². The molecule has 6 heteroatoms. The number of hydrogen-bond acceptors (Lipinski definition) is 5. The van der Waals surface area contributed by atoms with E-state index in [1.165, 1.54) is 0 Å². The summed E-state index contributed by atoms with van der Waals surface area (Å²) in [7, 11) is 3.38. The first-order chi connectivity index (χ1) is 6.15. The predicted molar refractivity (Wildman–Crippen MR) is 51.3 cm³/mol. The van der Waals surface area contributed by atoms with Gasteiger partial charge in [-0.1, -0.05) is 6.92 Å². The van der Waals surface area contributed by atoms with Crippen LogP contribution in [-0.2, 0) is 18.2 Å². The van der Waals surface area contributed by atoms with Crippen LogP contribution in [0.15, 0.2) is 0 Å². The van der Waals surface area contributed by atoms with E-state index < -0.39 is 0 Å². The molecule has 72 valence electrons. The van der Waals surface area contributed by atoms with Crippen LogP contribution in [-0.4, -0.2) is 32.4 Å². The molecule has 0 fully saturated rings. The number of aromatic nitrogens is 4. The van der Waals surface area contributed by atoms with Crippen LogP contribution in [0.4, 0.5) is 0 Å². The first-order valence-electron chi connectivity index (χ1n) is 3.94. The van der Waals surface area contributed by atoms with Gasteiger partial charge in [0.05, 0.1) is 7.11 Å². The summed E-state index contributed by atoms with van der Waals surface area (Å²) in [6.07, 6.45) is 0.705. The van der Waals surface area contributed by atoms with Crippen molar-refractivity contribution in [1.29, 1.82) is 0 Å². The minimum Gasteiger partial charge on any atom is -0.490 e. The fourth-order valence-electron chi connectivity index (χ4n) is 0.979. The third-order valence-electron chi connectivity index (χ3n) is 1.80. The molecule has 1 unspecified atom stereocenters. The van der Waals surface area contributed by atoms with E-state index in [0.717, 1.165) is 5.82 Å². The molecule has 0 saturated heterocycles. The Labute approximate surface area is 82.1 Å². The SMILES string of the molecule is COC(=S)C(C)Cc1nnnn1C. The smallest absolute Gasteiger partial charge is 0.162 e. The van der Waals surface area contributed by atoms with Gasteiger partial charge in [-0.3, -0.25) is 0 Å². The average Bonchev–Trinajstić information content (AvgIpc) is 2.50. The van der Waals surface area contributed by atoms with E-state index in [1.54, 1.807) is 18.8 Å². The lowest BCUT2D eigenvalue weighted by molar-refractivity contribution is 0.380. The molecule has 5 nitrogen and oxygen atoms in total. The molecular weight excluding hydrogens is 188 g/mol. The van der Waals surface area contributed by atoms with Crippen LogP contribution >= 0.6 is 12.2 Å². The molecule has 13 heavy (non-hydrogen) atoms. The van der Waals surface area contributed by atoms with Crippen LogP contribution in [0, 0.1) is 5.92 Å². The molecule has 1 aromatic heterocycles. The Kier molecular flexibility index (Phi) is 3.30. The van der Waals surface area contributed by atoms with Gasteiger partial charge in [0, 0.05) is 19.4 Å². The molecule has 0 amide bonds. The Morgan fingerprint density at radius 3 is 2.85 bits per heavy atom. The third-order valence-corrected chi connectivity index (χ3v) is 2.37. The van der Waals surface area contributed by atoms with Crippen LogP contribution in [0.25, 0.3) is 0 Å². The van der Waals surface area contributed by atoms with Crippen molar-refractivity contribution < 1.29 is 4.74 Å². The first-order valence-corrected chi connectivity index (χ1v) is 4.35. The molecule has 0 spiro atoms. The molecule has 1 heterocycles.